The number of nitrogens with zero attached hydrogens (tertiary/aromatic N) is 1. The van der Waals surface area contributed by atoms with E-state index in [0.29, 0.717) is 0 Å². The highest BCUT2D eigenvalue weighted by Crippen LogP contribution is 2.50. The van der Waals surface area contributed by atoms with Crippen LogP contribution in [0.5, 0.6) is 0 Å². The van der Waals surface area contributed by atoms with E-state index in [4.69, 9.17) is 0 Å². The van der Waals surface area contributed by atoms with Gasteiger partial charge in [0.15, 0.2) is 0 Å². The van der Waals surface area contributed by atoms with Gasteiger partial charge in [-0.1, -0.05) is 91.0 Å². The third kappa shape index (κ3) is 2.82. The zero-order valence-electron chi connectivity index (χ0n) is 20.1. The van der Waals surface area contributed by atoms with Crippen LogP contribution in [0.15, 0.2) is 97.1 Å². The molecular formula is C32H28NO. The Balaban J connectivity index is 1.72. The topological polar surface area (TPSA) is 23.1 Å². The van der Waals surface area contributed by atoms with Gasteiger partial charge in [-0.25, -0.2) is 0 Å². The fraction of sp³-hybridized carbons (Fsp3) is 0.188. The van der Waals surface area contributed by atoms with Crippen molar-refractivity contribution in [1.29, 1.82) is 0 Å². The van der Waals surface area contributed by atoms with Gasteiger partial charge in [-0.15, -0.1) is 10.3 Å². The standard InChI is InChI=1S/C32H28NO/c1-31(2)27-19-18-22(20-28(27)32(3,4)33(31)34)30-25-16-10-8-14-23(25)29(21-12-6-5-7-13-21)24-15-9-11-17-26(24)30/h5-20H,1-4H3. The van der Waals surface area contributed by atoms with Gasteiger partial charge in [-0.05, 0) is 88.7 Å². The fourth-order valence-corrected chi connectivity index (χ4v) is 6.01. The minimum atomic E-state index is -0.579. The zero-order chi connectivity index (χ0) is 23.7. The average Bonchev–Trinajstić information content (AvgIpc) is 2.99. The second kappa shape index (κ2) is 7.27. The number of hydrogen-bond acceptors (Lipinski definition) is 1. The molecule has 0 saturated heterocycles. The van der Waals surface area contributed by atoms with Crippen LogP contribution in [-0.2, 0) is 16.3 Å². The Kier molecular flexibility index (Phi) is 4.51. The zero-order valence-corrected chi connectivity index (χ0v) is 20.1. The quantitative estimate of drug-likeness (QED) is 0.251. The Labute approximate surface area is 201 Å². The Morgan fingerprint density at radius 2 is 0.941 bits per heavy atom. The lowest BCUT2D eigenvalue weighted by molar-refractivity contribution is -0.266. The van der Waals surface area contributed by atoms with E-state index in [1.165, 1.54) is 43.3 Å². The van der Waals surface area contributed by atoms with Crippen LogP contribution in [0.4, 0.5) is 0 Å². The van der Waals surface area contributed by atoms with Gasteiger partial charge >= 0.3 is 0 Å². The van der Waals surface area contributed by atoms with Crippen LogP contribution < -0.4 is 0 Å². The Bertz CT molecular complexity index is 1510. The lowest BCUT2D eigenvalue weighted by Gasteiger charge is -2.32. The number of benzene rings is 5. The summed E-state index contributed by atoms with van der Waals surface area (Å²) in [6, 6.07) is 34.7. The molecule has 1 radical (unpaired) electrons. The van der Waals surface area contributed by atoms with E-state index in [0.717, 1.165) is 16.7 Å². The van der Waals surface area contributed by atoms with E-state index in [1.807, 2.05) is 27.7 Å². The molecule has 0 fully saturated rings. The second-order valence-electron chi connectivity index (χ2n) is 10.4. The summed E-state index contributed by atoms with van der Waals surface area (Å²) in [5, 5.41) is 19.4. The molecule has 0 aliphatic carbocycles. The van der Waals surface area contributed by atoms with Crippen LogP contribution in [-0.4, -0.2) is 5.06 Å². The molecular weight excluding hydrogens is 414 g/mol. The summed E-state index contributed by atoms with van der Waals surface area (Å²) in [4.78, 5) is 0. The van der Waals surface area contributed by atoms with Gasteiger partial charge in [0.25, 0.3) is 0 Å². The Morgan fingerprint density at radius 3 is 1.47 bits per heavy atom. The van der Waals surface area contributed by atoms with Gasteiger partial charge in [0, 0.05) is 0 Å². The van der Waals surface area contributed by atoms with Gasteiger partial charge in [0.1, 0.15) is 0 Å². The highest BCUT2D eigenvalue weighted by molar-refractivity contribution is 6.21. The molecule has 0 atom stereocenters. The summed E-state index contributed by atoms with van der Waals surface area (Å²) in [7, 11) is 0. The molecule has 0 saturated carbocycles. The molecule has 2 heteroatoms. The predicted octanol–water partition coefficient (Wildman–Crippen LogP) is 8.46. The molecule has 1 aliphatic rings. The number of rotatable bonds is 2. The summed E-state index contributed by atoms with van der Waals surface area (Å²) in [5.74, 6) is 0. The number of hydrogen-bond donors (Lipinski definition) is 0. The first-order chi connectivity index (χ1) is 16.3. The first kappa shape index (κ1) is 21.1. The molecule has 1 aliphatic heterocycles. The van der Waals surface area contributed by atoms with Crippen LogP contribution in [0.2, 0.25) is 0 Å². The van der Waals surface area contributed by atoms with E-state index in [1.54, 1.807) is 0 Å². The molecule has 0 amide bonds. The molecule has 0 aromatic heterocycles. The normalized spacial score (nSPS) is 16.7. The van der Waals surface area contributed by atoms with Crippen LogP contribution in [0.1, 0.15) is 38.8 Å². The van der Waals surface area contributed by atoms with Gasteiger partial charge in [-0.3, -0.25) is 0 Å². The molecule has 0 bridgehead atoms. The van der Waals surface area contributed by atoms with Crippen LogP contribution in [0, 0.1) is 0 Å². The number of hydroxylamine groups is 2. The molecule has 5 aromatic rings. The van der Waals surface area contributed by atoms with Crippen LogP contribution in [0.3, 0.4) is 0 Å². The van der Waals surface area contributed by atoms with Crippen molar-refractivity contribution in [3.63, 3.8) is 0 Å². The van der Waals surface area contributed by atoms with Crippen molar-refractivity contribution in [3.05, 3.63) is 108 Å². The smallest absolute Gasteiger partial charge is 0.0699 e. The number of fused-ring (bicyclic) bond motifs is 3. The summed E-state index contributed by atoms with van der Waals surface area (Å²) in [6.45, 7) is 8.11. The van der Waals surface area contributed by atoms with Gasteiger partial charge < -0.3 is 0 Å². The maximum absolute atomic E-state index is 13.2. The summed E-state index contributed by atoms with van der Waals surface area (Å²) in [5.41, 5.74) is 5.99. The van der Waals surface area contributed by atoms with E-state index in [9.17, 15) is 5.21 Å². The first-order valence-electron chi connectivity index (χ1n) is 11.9. The summed E-state index contributed by atoms with van der Waals surface area (Å²) >= 11 is 0. The molecule has 5 aromatic carbocycles. The molecule has 1 heterocycles. The molecule has 0 N–H and O–H groups in total. The molecule has 2 nitrogen and oxygen atoms in total. The molecule has 167 valence electrons. The maximum atomic E-state index is 13.2. The van der Waals surface area contributed by atoms with Crippen molar-refractivity contribution >= 4 is 21.5 Å². The minimum absolute atomic E-state index is 0.543. The molecule has 6 rings (SSSR count). The van der Waals surface area contributed by atoms with Crippen LogP contribution >= 0.6 is 0 Å². The van der Waals surface area contributed by atoms with Gasteiger partial charge in [0.05, 0.1) is 11.1 Å². The van der Waals surface area contributed by atoms with Gasteiger partial charge in [0.2, 0.25) is 0 Å². The second-order valence-corrected chi connectivity index (χ2v) is 10.4. The van der Waals surface area contributed by atoms with Gasteiger partial charge in [-0.2, -0.15) is 0 Å². The largest absolute Gasteiger partial charge is 0.135 e. The van der Waals surface area contributed by atoms with E-state index < -0.39 is 11.1 Å². The SMILES string of the molecule is CC1(C)c2ccc(-c3c4ccccc4c(-c4ccccc4)c4ccccc34)cc2C(C)(C)N1[O]. The lowest BCUT2D eigenvalue weighted by Crippen LogP contribution is -2.41. The monoisotopic (exact) mass is 442 g/mol. The summed E-state index contributed by atoms with van der Waals surface area (Å²) in [6.07, 6.45) is 0. The van der Waals surface area contributed by atoms with Crippen molar-refractivity contribution in [2.45, 2.75) is 38.8 Å². The molecule has 0 spiro atoms. The van der Waals surface area contributed by atoms with Crippen molar-refractivity contribution in [2.75, 3.05) is 0 Å². The predicted molar refractivity (Wildman–Crippen MR) is 141 cm³/mol. The third-order valence-electron chi connectivity index (χ3n) is 7.64. The third-order valence-corrected chi connectivity index (χ3v) is 7.64. The maximum Gasteiger partial charge on any atom is 0.0699 e. The minimum Gasteiger partial charge on any atom is -0.135 e. The first-order valence-corrected chi connectivity index (χ1v) is 11.9. The highest BCUT2D eigenvalue weighted by Gasteiger charge is 2.50. The molecule has 34 heavy (non-hydrogen) atoms. The van der Waals surface area contributed by atoms with Crippen molar-refractivity contribution in [1.82, 2.24) is 5.06 Å². The highest BCUT2D eigenvalue weighted by atomic mass is 16.5. The Morgan fingerprint density at radius 1 is 0.500 bits per heavy atom. The van der Waals surface area contributed by atoms with Crippen LogP contribution in [0.25, 0.3) is 43.8 Å². The van der Waals surface area contributed by atoms with Crippen molar-refractivity contribution < 1.29 is 5.21 Å². The average molecular weight is 443 g/mol. The summed E-state index contributed by atoms with van der Waals surface area (Å²) < 4.78 is 0. The molecule has 0 unspecified atom stereocenters. The van der Waals surface area contributed by atoms with E-state index >= 15 is 0 Å². The fourth-order valence-electron chi connectivity index (χ4n) is 6.01. The van der Waals surface area contributed by atoms with Crippen molar-refractivity contribution in [2.24, 2.45) is 0 Å². The van der Waals surface area contributed by atoms with Crippen molar-refractivity contribution in [3.8, 4) is 22.3 Å². The lowest BCUT2D eigenvalue weighted by atomic mass is 9.83. The van der Waals surface area contributed by atoms with E-state index in [-0.39, 0.29) is 0 Å². The van der Waals surface area contributed by atoms with E-state index in [2.05, 4.69) is 97.1 Å². The Hall–Kier alpha value is -3.46.